The van der Waals surface area contributed by atoms with E-state index < -0.39 is 0 Å². The van der Waals surface area contributed by atoms with Crippen LogP contribution in [-0.2, 0) is 4.79 Å². The number of guanidine groups is 1. The van der Waals surface area contributed by atoms with E-state index in [4.69, 9.17) is 4.74 Å². The molecule has 0 aliphatic heterocycles. The van der Waals surface area contributed by atoms with Crippen LogP contribution in [0, 0.1) is 0 Å². The van der Waals surface area contributed by atoms with Crippen LogP contribution in [0.15, 0.2) is 29.3 Å². The number of carbonyl (C=O) groups is 1. The molecule has 0 unspecified atom stereocenters. The molecule has 25 heavy (non-hydrogen) atoms. The first kappa shape index (κ1) is 23.5. The number of nitrogens with zero attached hydrogens (tertiary/aromatic N) is 1. The first-order chi connectivity index (χ1) is 11.2. The number of halogens is 1. The molecule has 0 aromatic heterocycles. The van der Waals surface area contributed by atoms with Gasteiger partial charge in [-0.05, 0) is 65.8 Å². The van der Waals surface area contributed by atoms with Gasteiger partial charge in [0, 0.05) is 17.8 Å². The van der Waals surface area contributed by atoms with Gasteiger partial charge in [-0.15, -0.1) is 24.0 Å². The van der Waals surface area contributed by atoms with Crippen molar-refractivity contribution in [2.24, 2.45) is 4.99 Å². The van der Waals surface area contributed by atoms with Crippen LogP contribution in [0.4, 0.5) is 5.69 Å². The lowest BCUT2D eigenvalue weighted by atomic mass is 10.1. The van der Waals surface area contributed by atoms with E-state index in [-0.39, 0.29) is 48.1 Å². The third kappa shape index (κ3) is 10.9. The van der Waals surface area contributed by atoms with Crippen molar-refractivity contribution in [3.05, 3.63) is 24.3 Å². The van der Waals surface area contributed by atoms with Crippen molar-refractivity contribution in [1.29, 1.82) is 0 Å². The SMILES string of the molecule is CCNC(=NCC(=O)NC(C)(C)C)Nc1ccc(OC(C)C)cc1.I. The molecule has 1 aromatic rings. The molecule has 0 spiro atoms. The standard InChI is InChI=1S/C18H30N4O2.HI/c1-7-19-17(20-12-16(23)22-18(4,5)6)21-14-8-10-15(11-9-14)24-13(2)3;/h8-11,13H,7,12H2,1-6H3,(H,22,23)(H2,19,20,21);1H. The summed E-state index contributed by atoms with van der Waals surface area (Å²) in [7, 11) is 0. The summed E-state index contributed by atoms with van der Waals surface area (Å²) in [6.07, 6.45) is 0.143. The Bertz CT molecular complexity index is 551. The van der Waals surface area contributed by atoms with Crippen LogP contribution in [0.2, 0.25) is 0 Å². The van der Waals surface area contributed by atoms with E-state index in [0.717, 1.165) is 11.4 Å². The number of anilines is 1. The minimum Gasteiger partial charge on any atom is -0.491 e. The number of amides is 1. The molecule has 0 aliphatic rings. The number of rotatable bonds is 6. The molecule has 0 saturated heterocycles. The summed E-state index contributed by atoms with van der Waals surface area (Å²) in [6.45, 7) is 12.6. The maximum Gasteiger partial charge on any atom is 0.242 e. The van der Waals surface area contributed by atoms with Crippen LogP contribution in [0.25, 0.3) is 0 Å². The lowest BCUT2D eigenvalue weighted by Crippen LogP contribution is -2.42. The van der Waals surface area contributed by atoms with Crippen molar-refractivity contribution in [3.8, 4) is 5.75 Å². The molecule has 6 nitrogen and oxygen atoms in total. The molecule has 0 heterocycles. The second kappa shape index (κ2) is 11.2. The number of benzene rings is 1. The molecule has 0 fully saturated rings. The third-order valence-electron chi connectivity index (χ3n) is 2.73. The van der Waals surface area contributed by atoms with Crippen LogP contribution >= 0.6 is 24.0 Å². The van der Waals surface area contributed by atoms with E-state index >= 15 is 0 Å². The third-order valence-corrected chi connectivity index (χ3v) is 2.73. The molecule has 1 aromatic carbocycles. The van der Waals surface area contributed by atoms with Crippen LogP contribution in [0.5, 0.6) is 5.75 Å². The molecule has 0 bridgehead atoms. The van der Waals surface area contributed by atoms with Gasteiger partial charge >= 0.3 is 0 Å². The van der Waals surface area contributed by atoms with E-state index in [0.29, 0.717) is 12.5 Å². The fraction of sp³-hybridized carbons (Fsp3) is 0.556. The second-order valence-electron chi connectivity index (χ2n) is 6.81. The normalized spacial score (nSPS) is 11.6. The molecule has 1 amide bonds. The zero-order valence-corrected chi connectivity index (χ0v) is 18.3. The van der Waals surface area contributed by atoms with Gasteiger partial charge in [0.15, 0.2) is 5.96 Å². The van der Waals surface area contributed by atoms with Crippen molar-refractivity contribution < 1.29 is 9.53 Å². The Labute approximate surface area is 168 Å². The zero-order valence-electron chi connectivity index (χ0n) is 16.0. The Balaban J connectivity index is 0.00000576. The molecule has 0 aliphatic carbocycles. The topological polar surface area (TPSA) is 74.8 Å². The van der Waals surface area contributed by atoms with Crippen molar-refractivity contribution in [3.63, 3.8) is 0 Å². The number of ether oxygens (including phenoxy) is 1. The van der Waals surface area contributed by atoms with E-state index in [1.807, 2.05) is 65.8 Å². The molecule has 3 N–H and O–H groups in total. The van der Waals surface area contributed by atoms with Gasteiger partial charge in [-0.3, -0.25) is 4.79 Å². The van der Waals surface area contributed by atoms with Crippen LogP contribution in [0.3, 0.4) is 0 Å². The highest BCUT2D eigenvalue weighted by molar-refractivity contribution is 14.0. The summed E-state index contributed by atoms with van der Waals surface area (Å²) < 4.78 is 5.62. The van der Waals surface area contributed by atoms with Crippen LogP contribution in [0.1, 0.15) is 41.5 Å². The monoisotopic (exact) mass is 462 g/mol. The predicted molar refractivity (Wildman–Crippen MR) is 115 cm³/mol. The number of hydrogen-bond donors (Lipinski definition) is 3. The molecule has 0 saturated carbocycles. The zero-order chi connectivity index (χ0) is 18.2. The number of carbonyl (C=O) groups excluding carboxylic acids is 1. The molecule has 0 radical (unpaired) electrons. The fourth-order valence-electron chi connectivity index (χ4n) is 1.94. The Morgan fingerprint density at radius 1 is 1.20 bits per heavy atom. The summed E-state index contributed by atoms with van der Waals surface area (Å²) in [6, 6.07) is 7.63. The van der Waals surface area contributed by atoms with Crippen LogP contribution < -0.4 is 20.7 Å². The Hall–Kier alpha value is -1.51. The second-order valence-corrected chi connectivity index (χ2v) is 6.81. The summed E-state index contributed by atoms with van der Waals surface area (Å²) in [5.41, 5.74) is 0.618. The quantitative estimate of drug-likeness (QED) is 0.344. The van der Waals surface area contributed by atoms with Gasteiger partial charge in [0.25, 0.3) is 0 Å². The molecular formula is C18H31IN4O2. The molecule has 1 rings (SSSR count). The van der Waals surface area contributed by atoms with Gasteiger partial charge in [-0.2, -0.15) is 0 Å². The van der Waals surface area contributed by atoms with Gasteiger partial charge in [0.1, 0.15) is 12.3 Å². The molecule has 0 atom stereocenters. The highest BCUT2D eigenvalue weighted by Crippen LogP contribution is 2.16. The van der Waals surface area contributed by atoms with Gasteiger partial charge in [0.05, 0.1) is 6.10 Å². The number of hydrogen-bond acceptors (Lipinski definition) is 3. The van der Waals surface area contributed by atoms with Gasteiger partial charge in [0.2, 0.25) is 5.91 Å². The highest BCUT2D eigenvalue weighted by Gasteiger charge is 2.13. The van der Waals surface area contributed by atoms with Crippen molar-refractivity contribution in [1.82, 2.24) is 10.6 Å². The molecule has 142 valence electrons. The van der Waals surface area contributed by atoms with E-state index in [1.165, 1.54) is 0 Å². The van der Waals surface area contributed by atoms with Crippen molar-refractivity contribution in [2.75, 3.05) is 18.4 Å². The summed E-state index contributed by atoms with van der Waals surface area (Å²) in [4.78, 5) is 16.2. The van der Waals surface area contributed by atoms with Gasteiger partial charge < -0.3 is 20.7 Å². The fourth-order valence-corrected chi connectivity index (χ4v) is 1.94. The van der Waals surface area contributed by atoms with Gasteiger partial charge in [-0.1, -0.05) is 0 Å². The highest BCUT2D eigenvalue weighted by atomic mass is 127. The lowest BCUT2D eigenvalue weighted by molar-refractivity contribution is -0.121. The predicted octanol–water partition coefficient (Wildman–Crippen LogP) is 3.38. The van der Waals surface area contributed by atoms with Crippen molar-refractivity contribution >= 4 is 41.5 Å². The maximum absolute atomic E-state index is 11.9. The van der Waals surface area contributed by atoms with E-state index in [9.17, 15) is 4.79 Å². The smallest absolute Gasteiger partial charge is 0.242 e. The molecular weight excluding hydrogens is 431 g/mol. The average Bonchev–Trinajstić information content (AvgIpc) is 2.44. The summed E-state index contributed by atoms with van der Waals surface area (Å²) in [5, 5.41) is 9.19. The summed E-state index contributed by atoms with van der Waals surface area (Å²) >= 11 is 0. The minimum atomic E-state index is -0.259. The van der Waals surface area contributed by atoms with Crippen molar-refractivity contribution in [2.45, 2.75) is 53.2 Å². The first-order valence-corrected chi connectivity index (χ1v) is 8.32. The van der Waals surface area contributed by atoms with E-state index in [2.05, 4.69) is 20.9 Å². The number of aliphatic imine (C=N–C) groups is 1. The average molecular weight is 462 g/mol. The largest absolute Gasteiger partial charge is 0.491 e. The van der Waals surface area contributed by atoms with E-state index in [1.54, 1.807) is 0 Å². The maximum atomic E-state index is 11.9. The minimum absolute atomic E-state index is 0. The Kier molecular flexibility index (Phi) is 10.5. The molecule has 7 heteroatoms. The number of nitrogens with one attached hydrogen (secondary N) is 3. The first-order valence-electron chi connectivity index (χ1n) is 8.32. The lowest BCUT2D eigenvalue weighted by Gasteiger charge is -2.20. The van der Waals surface area contributed by atoms with Gasteiger partial charge in [-0.25, -0.2) is 4.99 Å². The Morgan fingerprint density at radius 3 is 2.28 bits per heavy atom. The summed E-state index contributed by atoms with van der Waals surface area (Å²) in [5.74, 6) is 1.28. The Morgan fingerprint density at radius 2 is 1.80 bits per heavy atom. The van der Waals surface area contributed by atoms with Crippen LogP contribution in [-0.4, -0.2) is 36.6 Å².